The third-order valence-electron chi connectivity index (χ3n) is 3.63. The average molecular weight is 297 g/mol. The summed E-state index contributed by atoms with van der Waals surface area (Å²) in [4.78, 5) is 0. The van der Waals surface area contributed by atoms with E-state index in [1.807, 2.05) is 56.8 Å². The second-order valence-electron chi connectivity index (χ2n) is 5.03. The maximum Gasteiger partial charge on any atom is 0.176 e. The van der Waals surface area contributed by atoms with E-state index in [2.05, 4.69) is 15.5 Å². The molecule has 3 aromatic rings. The molecule has 0 radical (unpaired) electrons. The molecule has 0 unspecified atom stereocenters. The molecule has 0 saturated heterocycles. The molecule has 114 valence electrons. The molecule has 6 heteroatoms. The lowest BCUT2D eigenvalue weighted by molar-refractivity contribution is 0.340. The maximum atomic E-state index is 5.48. The molecule has 0 atom stereocenters. The number of rotatable bonds is 4. The number of hydrogen-bond acceptors (Lipinski definition) is 5. The highest BCUT2D eigenvalue weighted by atomic mass is 16.5. The summed E-state index contributed by atoms with van der Waals surface area (Å²) in [5.74, 6) is 1.55. The van der Waals surface area contributed by atoms with Gasteiger partial charge in [-0.15, -0.1) is 5.10 Å². The lowest BCUT2D eigenvalue weighted by Crippen LogP contribution is -1.99. The Morgan fingerprint density at radius 1 is 1.14 bits per heavy atom. The second-order valence-corrected chi connectivity index (χ2v) is 5.03. The van der Waals surface area contributed by atoms with Crippen LogP contribution in [0, 0.1) is 13.8 Å². The fourth-order valence-electron chi connectivity index (χ4n) is 2.59. The van der Waals surface area contributed by atoms with Gasteiger partial charge in [-0.2, -0.15) is 10.2 Å². The van der Waals surface area contributed by atoms with Crippen LogP contribution in [-0.2, 0) is 0 Å². The van der Waals surface area contributed by atoms with E-state index in [0.717, 1.165) is 33.7 Å². The number of fused-ring (bicyclic) bond motifs is 1. The van der Waals surface area contributed by atoms with E-state index >= 15 is 0 Å². The van der Waals surface area contributed by atoms with E-state index in [4.69, 9.17) is 9.84 Å². The summed E-state index contributed by atoms with van der Waals surface area (Å²) in [5, 5.41) is 17.1. The highest BCUT2D eigenvalue weighted by Crippen LogP contribution is 2.27. The molecule has 0 bridgehead atoms. The molecule has 3 rings (SSSR count). The first-order valence-electron chi connectivity index (χ1n) is 7.29. The molecule has 0 fully saturated rings. The Morgan fingerprint density at radius 3 is 2.50 bits per heavy atom. The fourth-order valence-corrected chi connectivity index (χ4v) is 2.59. The van der Waals surface area contributed by atoms with E-state index in [0.29, 0.717) is 12.4 Å². The van der Waals surface area contributed by atoms with Crippen molar-refractivity contribution in [2.45, 2.75) is 20.8 Å². The molecule has 0 aliphatic rings. The van der Waals surface area contributed by atoms with Crippen molar-refractivity contribution in [1.29, 1.82) is 0 Å². The highest BCUT2D eigenvalue weighted by molar-refractivity contribution is 5.91. The van der Waals surface area contributed by atoms with Gasteiger partial charge in [-0.05, 0) is 45.0 Å². The molecular weight excluding hydrogens is 278 g/mol. The number of anilines is 1. The van der Waals surface area contributed by atoms with Crippen LogP contribution in [0.5, 0.6) is 5.75 Å². The van der Waals surface area contributed by atoms with Gasteiger partial charge in [0.05, 0.1) is 29.1 Å². The lowest BCUT2D eigenvalue weighted by atomic mass is 10.2. The number of hydrogen-bond donors (Lipinski definition) is 1. The van der Waals surface area contributed by atoms with Crippen LogP contribution in [0.2, 0.25) is 0 Å². The molecule has 22 heavy (non-hydrogen) atoms. The monoisotopic (exact) mass is 297 g/mol. The van der Waals surface area contributed by atoms with Crippen LogP contribution in [0.3, 0.4) is 0 Å². The van der Waals surface area contributed by atoms with Gasteiger partial charge in [0.2, 0.25) is 0 Å². The molecule has 1 aromatic carbocycles. The van der Waals surface area contributed by atoms with Crippen LogP contribution in [0.4, 0.5) is 5.82 Å². The van der Waals surface area contributed by atoms with Crippen molar-refractivity contribution in [2.75, 3.05) is 19.0 Å². The predicted molar refractivity (Wildman–Crippen MR) is 86.8 cm³/mol. The fraction of sp³-hybridized carbons (Fsp3) is 0.312. The normalized spacial score (nSPS) is 10.9. The number of nitrogens with one attached hydrogen (secondary N) is 1. The second kappa shape index (κ2) is 5.63. The maximum absolute atomic E-state index is 5.48. The van der Waals surface area contributed by atoms with Crippen molar-refractivity contribution < 1.29 is 4.74 Å². The van der Waals surface area contributed by atoms with Crippen LogP contribution in [-0.4, -0.2) is 33.6 Å². The zero-order valence-corrected chi connectivity index (χ0v) is 13.2. The molecule has 0 aliphatic carbocycles. The first-order valence-corrected chi connectivity index (χ1v) is 7.29. The summed E-state index contributed by atoms with van der Waals surface area (Å²) in [6, 6.07) is 7.90. The van der Waals surface area contributed by atoms with Gasteiger partial charge in [0.1, 0.15) is 11.3 Å². The zero-order chi connectivity index (χ0) is 15.7. The first-order chi connectivity index (χ1) is 10.7. The standard InChI is InChI=1S/C16H19N5O/c1-5-22-13-8-6-12(7-9-13)21-11(3)14-10(2)18-19-16(17-4)15(14)20-21/h6-9H,5H2,1-4H3,(H,17,19). The number of aromatic nitrogens is 4. The third-order valence-corrected chi connectivity index (χ3v) is 3.63. The Balaban J connectivity index is 2.15. The van der Waals surface area contributed by atoms with Gasteiger partial charge in [-0.3, -0.25) is 0 Å². The lowest BCUT2D eigenvalue weighted by Gasteiger charge is -2.06. The van der Waals surface area contributed by atoms with Crippen molar-refractivity contribution in [3.05, 3.63) is 35.7 Å². The number of aryl methyl sites for hydroxylation is 2. The Hall–Kier alpha value is -2.63. The first kappa shape index (κ1) is 14.3. The predicted octanol–water partition coefficient (Wildman–Crippen LogP) is 2.87. The van der Waals surface area contributed by atoms with Crippen molar-refractivity contribution >= 4 is 16.7 Å². The van der Waals surface area contributed by atoms with Crippen LogP contribution in [0.15, 0.2) is 24.3 Å². The van der Waals surface area contributed by atoms with Gasteiger partial charge in [0.15, 0.2) is 5.82 Å². The Bertz CT molecular complexity index is 808. The molecule has 6 nitrogen and oxygen atoms in total. The smallest absolute Gasteiger partial charge is 0.176 e. The summed E-state index contributed by atoms with van der Waals surface area (Å²) >= 11 is 0. The minimum Gasteiger partial charge on any atom is -0.494 e. The van der Waals surface area contributed by atoms with E-state index in [-0.39, 0.29) is 0 Å². The van der Waals surface area contributed by atoms with Gasteiger partial charge in [0, 0.05) is 7.05 Å². The van der Waals surface area contributed by atoms with Crippen molar-refractivity contribution in [3.63, 3.8) is 0 Å². The molecular formula is C16H19N5O. The molecule has 0 spiro atoms. The zero-order valence-electron chi connectivity index (χ0n) is 13.2. The van der Waals surface area contributed by atoms with Gasteiger partial charge in [-0.1, -0.05) is 0 Å². The van der Waals surface area contributed by atoms with Gasteiger partial charge in [-0.25, -0.2) is 4.68 Å². The minimum absolute atomic E-state index is 0.659. The van der Waals surface area contributed by atoms with Crippen LogP contribution < -0.4 is 10.1 Å². The topological polar surface area (TPSA) is 64.9 Å². The van der Waals surface area contributed by atoms with E-state index in [1.165, 1.54) is 0 Å². The summed E-state index contributed by atoms with van der Waals surface area (Å²) in [6.45, 7) is 6.62. The SMILES string of the molecule is CCOc1ccc(-n2nc3c(NC)nnc(C)c3c2C)cc1. The number of ether oxygens (including phenoxy) is 1. The van der Waals surface area contributed by atoms with Gasteiger partial charge in [0.25, 0.3) is 0 Å². The van der Waals surface area contributed by atoms with Crippen molar-refractivity contribution in [1.82, 2.24) is 20.0 Å². The van der Waals surface area contributed by atoms with Crippen LogP contribution in [0.25, 0.3) is 16.6 Å². The number of nitrogens with zero attached hydrogens (tertiary/aromatic N) is 4. The van der Waals surface area contributed by atoms with E-state index in [1.54, 1.807) is 0 Å². The summed E-state index contributed by atoms with van der Waals surface area (Å²) in [6.07, 6.45) is 0. The summed E-state index contributed by atoms with van der Waals surface area (Å²) in [7, 11) is 1.82. The number of benzene rings is 1. The Kier molecular flexibility index (Phi) is 3.66. The molecule has 0 aliphatic heterocycles. The summed E-state index contributed by atoms with van der Waals surface area (Å²) in [5.41, 5.74) is 3.74. The molecule has 2 aromatic heterocycles. The van der Waals surface area contributed by atoms with Crippen molar-refractivity contribution in [2.24, 2.45) is 0 Å². The summed E-state index contributed by atoms with van der Waals surface area (Å²) < 4.78 is 7.40. The quantitative estimate of drug-likeness (QED) is 0.802. The Labute approximate surface area is 129 Å². The molecule has 0 saturated carbocycles. The average Bonchev–Trinajstić information content (AvgIpc) is 2.88. The molecule has 0 amide bonds. The van der Waals surface area contributed by atoms with Crippen LogP contribution >= 0.6 is 0 Å². The largest absolute Gasteiger partial charge is 0.494 e. The Morgan fingerprint density at radius 2 is 1.86 bits per heavy atom. The van der Waals surface area contributed by atoms with E-state index in [9.17, 15) is 0 Å². The van der Waals surface area contributed by atoms with Gasteiger partial charge >= 0.3 is 0 Å². The van der Waals surface area contributed by atoms with Crippen molar-refractivity contribution in [3.8, 4) is 11.4 Å². The highest BCUT2D eigenvalue weighted by Gasteiger charge is 2.16. The third kappa shape index (κ3) is 2.26. The van der Waals surface area contributed by atoms with E-state index < -0.39 is 0 Å². The van der Waals surface area contributed by atoms with Gasteiger partial charge < -0.3 is 10.1 Å². The molecule has 2 heterocycles. The minimum atomic E-state index is 0.659. The molecule has 1 N–H and O–H groups in total. The van der Waals surface area contributed by atoms with Crippen LogP contribution in [0.1, 0.15) is 18.3 Å².